The lowest BCUT2D eigenvalue weighted by atomic mass is 10.3. The van der Waals surface area contributed by atoms with E-state index in [0.717, 1.165) is 6.08 Å². The Labute approximate surface area is 246 Å². The van der Waals surface area contributed by atoms with Crippen molar-refractivity contribution in [3.8, 4) is 5.75 Å². The van der Waals surface area contributed by atoms with Crippen LogP contribution >= 0.6 is 11.6 Å². The van der Waals surface area contributed by atoms with Gasteiger partial charge in [-0.15, -0.1) is 0 Å². The Morgan fingerprint density at radius 3 is 1.43 bits per heavy atom. The van der Waals surface area contributed by atoms with Crippen LogP contribution in [0, 0.1) is 0 Å². The minimum Gasteiger partial charge on any atom is -0.478 e. The summed E-state index contributed by atoms with van der Waals surface area (Å²) in [5.41, 5.74) is 0. The highest BCUT2D eigenvalue weighted by Crippen LogP contribution is 2.18. The van der Waals surface area contributed by atoms with Gasteiger partial charge >= 0.3 is 35.8 Å². The van der Waals surface area contributed by atoms with Crippen LogP contribution in [0.3, 0.4) is 0 Å². The van der Waals surface area contributed by atoms with Crippen LogP contribution in [0.4, 0.5) is 0 Å². The molecule has 42 heavy (non-hydrogen) atoms. The molecule has 0 amide bonds. The van der Waals surface area contributed by atoms with Gasteiger partial charge < -0.3 is 44.4 Å². The first-order chi connectivity index (χ1) is 19.5. The minimum absolute atomic E-state index is 0.169. The number of carboxylic acids is 4. The summed E-state index contributed by atoms with van der Waals surface area (Å²) in [5, 5.41) is 31.8. The van der Waals surface area contributed by atoms with Crippen molar-refractivity contribution in [3.05, 3.63) is 65.4 Å². The number of aliphatic carboxylic acids is 4. The Kier molecular flexibility index (Phi) is 21.6. The number of hydrogen-bond acceptors (Lipinski definition) is 11. The Hall–Kier alpha value is -4.73. The smallest absolute Gasteiger partial charge is 0.374 e. The summed E-state index contributed by atoms with van der Waals surface area (Å²) in [6.07, 6.45) is 3.22. The van der Waals surface area contributed by atoms with Crippen molar-refractivity contribution in [1.29, 1.82) is 0 Å². The zero-order chi connectivity index (χ0) is 32.7. The third-order valence-electron chi connectivity index (χ3n) is 3.78. The summed E-state index contributed by atoms with van der Waals surface area (Å²) in [6, 6.07) is 6.39. The van der Waals surface area contributed by atoms with E-state index >= 15 is 0 Å². The number of hydrogen-bond donors (Lipinski definition) is 4. The van der Waals surface area contributed by atoms with Crippen molar-refractivity contribution in [3.63, 3.8) is 0 Å². The van der Waals surface area contributed by atoms with E-state index in [9.17, 15) is 28.8 Å². The van der Waals surface area contributed by atoms with E-state index in [1.54, 1.807) is 24.3 Å². The molecular weight excluding hydrogens is 584 g/mol. The second kappa shape index (κ2) is 23.0. The van der Waals surface area contributed by atoms with Crippen molar-refractivity contribution >= 4 is 47.4 Å². The number of ether oxygens (including phenoxy) is 3. The molecule has 0 aliphatic carbocycles. The fraction of sp³-hybridized carbons (Fsp3) is 0.308. The van der Waals surface area contributed by atoms with Gasteiger partial charge in [0.1, 0.15) is 19.0 Å². The standard InChI is InChI=1S/C18H25ClN2O5.2C4H4O4/c1-20(2)9-11-24-17(22)13-16(18(23)25-12-10-21(3)4)26-15-7-5-14(19)6-8-15;2*5-3(6)1-2-4(7)8/h5-8,13H,9-12H2,1-4H3;2*1-2H,(H,5,6)(H,7,8)/b16-13-;2*2-1-. The van der Waals surface area contributed by atoms with Crippen molar-refractivity contribution in [2.24, 2.45) is 0 Å². The second-order valence-corrected chi connectivity index (χ2v) is 8.43. The van der Waals surface area contributed by atoms with Gasteiger partial charge in [0.15, 0.2) is 0 Å². The predicted molar refractivity (Wildman–Crippen MR) is 148 cm³/mol. The maximum Gasteiger partial charge on any atom is 0.374 e. The maximum absolute atomic E-state index is 12.2. The second-order valence-electron chi connectivity index (χ2n) is 7.99. The SMILES string of the molecule is CN(C)CCOC(=O)/C=C(\Oc1ccc(Cl)cc1)C(=O)OCCN(C)C.O=C(O)/C=C\C(=O)O.O=C(O)/C=C\C(=O)O. The molecule has 232 valence electrons. The number of likely N-dealkylation sites (N-methyl/N-ethyl adjacent to an activating group) is 2. The topological polar surface area (TPSA) is 218 Å². The van der Waals surface area contributed by atoms with Gasteiger partial charge in [0.2, 0.25) is 5.76 Å². The largest absolute Gasteiger partial charge is 0.478 e. The normalized spacial score (nSPS) is 10.8. The predicted octanol–water partition coefficient (Wildman–Crippen LogP) is 1.24. The molecule has 0 heterocycles. The Bertz CT molecular complexity index is 1060. The lowest BCUT2D eigenvalue weighted by molar-refractivity contribution is -0.143. The fourth-order valence-electron chi connectivity index (χ4n) is 1.91. The first kappa shape index (κ1) is 39.4. The quantitative estimate of drug-likeness (QED) is 0.131. The van der Waals surface area contributed by atoms with Gasteiger partial charge in [-0.1, -0.05) is 11.6 Å². The Morgan fingerprint density at radius 1 is 0.690 bits per heavy atom. The summed E-state index contributed by atoms with van der Waals surface area (Å²) in [6.45, 7) is 1.49. The zero-order valence-electron chi connectivity index (χ0n) is 23.3. The van der Waals surface area contributed by atoms with Crippen LogP contribution in [-0.4, -0.2) is 121 Å². The molecule has 0 aromatic heterocycles. The van der Waals surface area contributed by atoms with Gasteiger partial charge in [0, 0.05) is 42.4 Å². The van der Waals surface area contributed by atoms with E-state index in [2.05, 4.69) is 0 Å². The van der Waals surface area contributed by atoms with Crippen molar-refractivity contribution < 1.29 is 63.4 Å². The molecule has 0 radical (unpaired) electrons. The first-order valence-electron chi connectivity index (χ1n) is 11.6. The molecule has 15 nitrogen and oxygen atoms in total. The van der Waals surface area contributed by atoms with Crippen LogP contribution in [0.2, 0.25) is 5.02 Å². The van der Waals surface area contributed by atoms with Gasteiger partial charge in [-0.25, -0.2) is 28.8 Å². The number of carbonyl (C=O) groups excluding carboxylic acids is 2. The highest BCUT2D eigenvalue weighted by Gasteiger charge is 2.17. The van der Waals surface area contributed by atoms with E-state index < -0.39 is 35.8 Å². The number of rotatable bonds is 14. The number of carbonyl (C=O) groups is 6. The molecule has 0 bridgehead atoms. The molecule has 0 saturated carbocycles. The van der Waals surface area contributed by atoms with Gasteiger partial charge in [-0.2, -0.15) is 0 Å². The highest BCUT2D eigenvalue weighted by atomic mass is 35.5. The molecule has 1 rings (SSSR count). The number of halogens is 1. The molecule has 0 atom stereocenters. The zero-order valence-corrected chi connectivity index (χ0v) is 24.0. The molecule has 0 aliphatic rings. The van der Waals surface area contributed by atoms with Crippen LogP contribution in [0.25, 0.3) is 0 Å². The molecule has 0 fully saturated rings. The molecular formula is C26H33ClN2O13. The number of esters is 2. The lowest BCUT2D eigenvalue weighted by Crippen LogP contribution is -2.23. The van der Waals surface area contributed by atoms with E-state index in [4.69, 9.17) is 46.2 Å². The monoisotopic (exact) mass is 616 g/mol. The highest BCUT2D eigenvalue weighted by molar-refractivity contribution is 6.30. The molecule has 16 heteroatoms. The van der Waals surface area contributed by atoms with Gasteiger partial charge in [-0.05, 0) is 52.5 Å². The molecule has 4 N–H and O–H groups in total. The molecule has 0 aliphatic heterocycles. The number of benzene rings is 1. The molecule has 0 spiro atoms. The summed E-state index contributed by atoms with van der Waals surface area (Å²) in [7, 11) is 7.44. The van der Waals surface area contributed by atoms with E-state index in [0.29, 0.717) is 48.2 Å². The summed E-state index contributed by atoms with van der Waals surface area (Å²) >= 11 is 5.83. The summed E-state index contributed by atoms with van der Waals surface area (Å²) in [5.74, 6) is -6.35. The average Bonchev–Trinajstić information content (AvgIpc) is 2.87. The third kappa shape index (κ3) is 26.9. The maximum atomic E-state index is 12.2. The number of nitrogens with zero attached hydrogens (tertiary/aromatic N) is 2. The van der Waals surface area contributed by atoms with E-state index in [-0.39, 0.29) is 19.0 Å². The fourth-order valence-corrected chi connectivity index (χ4v) is 2.04. The van der Waals surface area contributed by atoms with Crippen LogP contribution < -0.4 is 4.74 Å². The molecule has 0 saturated heterocycles. The van der Waals surface area contributed by atoms with Crippen LogP contribution in [0.5, 0.6) is 5.75 Å². The van der Waals surface area contributed by atoms with Crippen molar-refractivity contribution in [2.75, 3.05) is 54.5 Å². The van der Waals surface area contributed by atoms with E-state index in [1.165, 1.54) is 0 Å². The Morgan fingerprint density at radius 2 is 1.07 bits per heavy atom. The molecule has 1 aromatic rings. The van der Waals surface area contributed by atoms with Gasteiger partial charge in [0.05, 0.1) is 6.08 Å². The van der Waals surface area contributed by atoms with Gasteiger partial charge in [-0.3, -0.25) is 0 Å². The molecule has 0 unspecified atom stereocenters. The molecule has 1 aromatic carbocycles. The van der Waals surface area contributed by atoms with Crippen LogP contribution in [0.15, 0.2) is 60.4 Å². The van der Waals surface area contributed by atoms with E-state index in [1.807, 2.05) is 38.0 Å². The Balaban J connectivity index is 0. The average molecular weight is 617 g/mol. The lowest BCUT2D eigenvalue weighted by Gasteiger charge is -2.13. The summed E-state index contributed by atoms with van der Waals surface area (Å²) in [4.78, 5) is 66.1. The van der Waals surface area contributed by atoms with Crippen molar-refractivity contribution in [2.45, 2.75) is 0 Å². The van der Waals surface area contributed by atoms with Crippen LogP contribution in [0.1, 0.15) is 0 Å². The van der Waals surface area contributed by atoms with Crippen LogP contribution in [-0.2, 0) is 38.2 Å². The third-order valence-corrected chi connectivity index (χ3v) is 4.04. The van der Waals surface area contributed by atoms with Gasteiger partial charge in [0.25, 0.3) is 0 Å². The summed E-state index contributed by atoms with van der Waals surface area (Å²) < 4.78 is 15.7. The number of carboxylic acid groups (broad SMARTS) is 4. The minimum atomic E-state index is -1.26. The first-order valence-corrected chi connectivity index (χ1v) is 12.0. The van der Waals surface area contributed by atoms with Crippen molar-refractivity contribution in [1.82, 2.24) is 9.80 Å².